The van der Waals surface area contributed by atoms with E-state index in [2.05, 4.69) is 15.6 Å². The number of rotatable bonds is 5. The van der Waals surface area contributed by atoms with Crippen LogP contribution in [0.25, 0.3) is 0 Å². The molecule has 2 N–H and O–H groups in total. The second-order valence-electron chi connectivity index (χ2n) is 7.04. The molecule has 30 heavy (non-hydrogen) atoms. The van der Waals surface area contributed by atoms with E-state index in [9.17, 15) is 14.0 Å². The predicted molar refractivity (Wildman–Crippen MR) is 124 cm³/mol. The fourth-order valence-corrected chi connectivity index (χ4v) is 3.45. The van der Waals surface area contributed by atoms with E-state index in [0.717, 1.165) is 12.8 Å². The first-order chi connectivity index (χ1) is 14.1. The van der Waals surface area contributed by atoms with Crippen molar-refractivity contribution < 1.29 is 18.7 Å². The number of amides is 2. The highest BCUT2D eigenvalue weighted by Crippen LogP contribution is 2.16. The summed E-state index contributed by atoms with van der Waals surface area (Å²) in [5.74, 6) is -0.0297. The number of carbonyl (C=O) groups excluding carboxylic acids is 2. The van der Waals surface area contributed by atoms with Crippen molar-refractivity contribution in [3.63, 3.8) is 0 Å². The van der Waals surface area contributed by atoms with Gasteiger partial charge in [-0.3, -0.25) is 9.59 Å². The van der Waals surface area contributed by atoms with Gasteiger partial charge in [-0.05, 0) is 38.0 Å². The van der Waals surface area contributed by atoms with Gasteiger partial charge in [0.25, 0.3) is 5.91 Å². The molecule has 0 aromatic heterocycles. The van der Waals surface area contributed by atoms with Crippen LogP contribution in [0.15, 0.2) is 29.3 Å². The van der Waals surface area contributed by atoms with E-state index in [1.807, 2.05) is 16.7 Å². The van der Waals surface area contributed by atoms with Gasteiger partial charge < -0.3 is 25.2 Å². The van der Waals surface area contributed by atoms with Crippen LogP contribution in [0.3, 0.4) is 0 Å². The highest BCUT2D eigenvalue weighted by molar-refractivity contribution is 14.0. The summed E-state index contributed by atoms with van der Waals surface area (Å²) < 4.78 is 18.7. The molecule has 2 fully saturated rings. The summed E-state index contributed by atoms with van der Waals surface area (Å²) in [4.78, 5) is 32.9. The Bertz CT molecular complexity index is 750. The second-order valence-corrected chi connectivity index (χ2v) is 7.04. The summed E-state index contributed by atoms with van der Waals surface area (Å²) in [6.45, 7) is 5.67. The van der Waals surface area contributed by atoms with E-state index >= 15 is 0 Å². The molecular formula is C20H29FIN5O3. The molecule has 3 rings (SSSR count). The summed E-state index contributed by atoms with van der Waals surface area (Å²) >= 11 is 0. The topological polar surface area (TPSA) is 86.3 Å². The van der Waals surface area contributed by atoms with Gasteiger partial charge in [-0.15, -0.1) is 24.0 Å². The molecule has 1 aromatic carbocycles. The number of halogens is 2. The van der Waals surface area contributed by atoms with E-state index in [1.165, 1.54) is 18.2 Å². The summed E-state index contributed by atoms with van der Waals surface area (Å²) in [5, 5.41) is 5.82. The van der Waals surface area contributed by atoms with Gasteiger partial charge in [-0.2, -0.15) is 0 Å². The van der Waals surface area contributed by atoms with Crippen molar-refractivity contribution in [2.75, 3.05) is 51.2 Å². The number of anilines is 1. The lowest BCUT2D eigenvalue weighted by molar-refractivity contribution is -0.142. The second kappa shape index (κ2) is 12.0. The molecule has 0 spiro atoms. The molecule has 166 valence electrons. The van der Waals surface area contributed by atoms with E-state index < -0.39 is 5.82 Å². The number of hydrogen-bond acceptors (Lipinski definition) is 4. The lowest BCUT2D eigenvalue weighted by Gasteiger charge is -2.37. The van der Waals surface area contributed by atoms with Crippen molar-refractivity contribution >= 4 is 47.4 Å². The van der Waals surface area contributed by atoms with Gasteiger partial charge in [0.2, 0.25) is 5.91 Å². The number of ether oxygens (including phenoxy) is 1. The van der Waals surface area contributed by atoms with Crippen molar-refractivity contribution in [2.45, 2.75) is 25.9 Å². The van der Waals surface area contributed by atoms with E-state index in [4.69, 9.17) is 4.74 Å². The first-order valence-electron chi connectivity index (χ1n) is 10.1. The van der Waals surface area contributed by atoms with Gasteiger partial charge in [0.05, 0.1) is 0 Å². The van der Waals surface area contributed by atoms with Crippen LogP contribution in [-0.4, -0.2) is 79.6 Å². The third-order valence-corrected chi connectivity index (χ3v) is 4.91. The largest absolute Gasteiger partial charge is 0.368 e. The Balaban J connectivity index is 0.00000320. The number of benzene rings is 1. The molecule has 2 heterocycles. The number of nitrogens with zero attached hydrogens (tertiary/aromatic N) is 3. The standard InChI is InChI=1S/C20H28FN5O3.HI/c1-2-22-20(23-14-18(27)24-16-6-3-5-15(21)13-16)26-10-8-25(9-11-26)19(28)17-7-4-12-29-17;/h3,5-6,13,17H,2,4,7-12,14H2,1H3,(H,22,23)(H,24,27);1H. The quantitative estimate of drug-likeness (QED) is 0.342. The minimum Gasteiger partial charge on any atom is -0.368 e. The molecule has 2 amide bonds. The van der Waals surface area contributed by atoms with E-state index in [-0.39, 0.29) is 48.4 Å². The van der Waals surface area contributed by atoms with E-state index in [0.29, 0.717) is 51.0 Å². The summed E-state index contributed by atoms with van der Waals surface area (Å²) in [6.07, 6.45) is 1.43. The number of piperazine rings is 1. The van der Waals surface area contributed by atoms with Crippen LogP contribution < -0.4 is 10.6 Å². The third-order valence-electron chi connectivity index (χ3n) is 4.91. The molecule has 1 unspecified atom stereocenters. The molecule has 1 atom stereocenters. The average Bonchev–Trinajstić information content (AvgIpc) is 3.25. The summed E-state index contributed by atoms with van der Waals surface area (Å²) in [6, 6.07) is 5.74. The zero-order valence-corrected chi connectivity index (χ0v) is 19.4. The lowest BCUT2D eigenvalue weighted by Crippen LogP contribution is -2.55. The minimum absolute atomic E-state index is 0. The monoisotopic (exact) mass is 533 g/mol. The molecule has 2 saturated heterocycles. The average molecular weight is 533 g/mol. The molecule has 0 bridgehead atoms. The molecule has 8 nitrogen and oxygen atoms in total. The predicted octanol–water partition coefficient (Wildman–Crippen LogP) is 1.67. The Morgan fingerprint density at radius 3 is 2.60 bits per heavy atom. The van der Waals surface area contributed by atoms with Crippen LogP contribution >= 0.6 is 24.0 Å². The van der Waals surface area contributed by atoms with Gasteiger partial charge in [0.15, 0.2) is 5.96 Å². The fourth-order valence-electron chi connectivity index (χ4n) is 3.45. The van der Waals surface area contributed by atoms with Crippen LogP contribution in [0, 0.1) is 5.82 Å². The highest BCUT2D eigenvalue weighted by Gasteiger charge is 2.30. The lowest BCUT2D eigenvalue weighted by atomic mass is 10.2. The van der Waals surface area contributed by atoms with Crippen LogP contribution in [0.1, 0.15) is 19.8 Å². The molecule has 2 aliphatic rings. The van der Waals surface area contributed by atoms with Crippen molar-refractivity contribution in [1.82, 2.24) is 15.1 Å². The SMILES string of the molecule is CCNC(=NCC(=O)Nc1cccc(F)c1)N1CCN(C(=O)C2CCCO2)CC1.I. The molecular weight excluding hydrogens is 504 g/mol. The summed E-state index contributed by atoms with van der Waals surface area (Å²) in [5.41, 5.74) is 0.399. The van der Waals surface area contributed by atoms with Crippen molar-refractivity contribution in [1.29, 1.82) is 0 Å². The first kappa shape index (κ1) is 24.3. The van der Waals surface area contributed by atoms with Crippen LogP contribution in [0.5, 0.6) is 0 Å². The van der Waals surface area contributed by atoms with E-state index in [1.54, 1.807) is 6.07 Å². The number of guanidine groups is 1. The van der Waals surface area contributed by atoms with Crippen LogP contribution in [0.2, 0.25) is 0 Å². The van der Waals surface area contributed by atoms with Gasteiger partial charge in [0.1, 0.15) is 18.5 Å². The van der Waals surface area contributed by atoms with Crippen molar-refractivity contribution in [2.24, 2.45) is 4.99 Å². The van der Waals surface area contributed by atoms with Gasteiger partial charge in [0, 0.05) is 45.0 Å². The molecule has 10 heteroatoms. The van der Waals surface area contributed by atoms with Gasteiger partial charge in [-0.1, -0.05) is 6.07 Å². The normalized spacial score (nSPS) is 19.3. The molecule has 0 aliphatic carbocycles. The molecule has 0 radical (unpaired) electrons. The Labute approximate surface area is 193 Å². The maximum atomic E-state index is 13.2. The highest BCUT2D eigenvalue weighted by atomic mass is 127. The molecule has 0 saturated carbocycles. The Morgan fingerprint density at radius 1 is 1.23 bits per heavy atom. The Kier molecular flexibility index (Phi) is 9.76. The maximum Gasteiger partial charge on any atom is 0.251 e. The van der Waals surface area contributed by atoms with Crippen molar-refractivity contribution in [3.05, 3.63) is 30.1 Å². The van der Waals surface area contributed by atoms with Crippen LogP contribution in [-0.2, 0) is 14.3 Å². The fraction of sp³-hybridized carbons (Fsp3) is 0.550. The number of nitrogens with one attached hydrogen (secondary N) is 2. The maximum absolute atomic E-state index is 13.2. The van der Waals surface area contributed by atoms with Crippen molar-refractivity contribution in [3.8, 4) is 0 Å². The van der Waals surface area contributed by atoms with Crippen LogP contribution in [0.4, 0.5) is 10.1 Å². The molecule has 2 aliphatic heterocycles. The Hall–Kier alpha value is -1.95. The summed E-state index contributed by atoms with van der Waals surface area (Å²) in [7, 11) is 0. The Morgan fingerprint density at radius 2 is 1.97 bits per heavy atom. The van der Waals surface area contributed by atoms with Gasteiger partial charge in [-0.25, -0.2) is 9.38 Å². The van der Waals surface area contributed by atoms with Gasteiger partial charge >= 0.3 is 0 Å². The molecule has 1 aromatic rings. The number of aliphatic imine (C=N–C) groups is 1. The minimum atomic E-state index is -0.407. The smallest absolute Gasteiger partial charge is 0.251 e. The number of carbonyl (C=O) groups is 2. The number of hydrogen-bond donors (Lipinski definition) is 2. The first-order valence-corrected chi connectivity index (χ1v) is 10.1. The zero-order valence-electron chi connectivity index (χ0n) is 17.1. The zero-order chi connectivity index (χ0) is 20.6. The third kappa shape index (κ3) is 6.79.